The number of hydrogen-bond acceptors (Lipinski definition) is 5. The van der Waals surface area contributed by atoms with Crippen molar-refractivity contribution in [3.8, 4) is 17.5 Å². The lowest BCUT2D eigenvalue weighted by molar-refractivity contribution is 0.108. The molecule has 1 aromatic carbocycles. The lowest BCUT2D eigenvalue weighted by Gasteiger charge is -1.93. The number of nitrogens with zero attached hydrogens (tertiary/aromatic N) is 3. The largest absolute Gasteiger partial charge is 0.331 e. The second kappa shape index (κ2) is 3.72. The molecule has 0 saturated carbocycles. The van der Waals surface area contributed by atoms with Crippen LogP contribution in [0.5, 0.6) is 0 Å². The van der Waals surface area contributed by atoms with Crippen LogP contribution in [0.4, 0.5) is 0 Å². The summed E-state index contributed by atoms with van der Waals surface area (Å²) in [5, 5.41) is 12.3. The van der Waals surface area contributed by atoms with Crippen LogP contribution in [0.1, 0.15) is 16.2 Å². The zero-order valence-corrected chi connectivity index (χ0v) is 7.54. The van der Waals surface area contributed by atoms with Gasteiger partial charge in [-0.25, -0.2) is 0 Å². The van der Waals surface area contributed by atoms with Crippen LogP contribution in [-0.4, -0.2) is 16.4 Å². The van der Waals surface area contributed by atoms with Gasteiger partial charge < -0.3 is 4.52 Å². The molecule has 0 unspecified atom stereocenters. The van der Waals surface area contributed by atoms with E-state index >= 15 is 0 Å². The molecular weight excluding hydrogens is 194 g/mol. The highest BCUT2D eigenvalue weighted by Crippen LogP contribution is 2.16. The Morgan fingerprint density at radius 1 is 1.47 bits per heavy atom. The second-order valence-electron chi connectivity index (χ2n) is 2.77. The van der Waals surface area contributed by atoms with Gasteiger partial charge in [0.15, 0.2) is 0 Å². The Kier molecular flexibility index (Phi) is 2.25. The molecule has 1 aromatic heterocycles. The van der Waals surface area contributed by atoms with E-state index in [0.29, 0.717) is 23.2 Å². The molecule has 0 aliphatic rings. The molecule has 0 spiro atoms. The molecule has 0 amide bonds. The van der Waals surface area contributed by atoms with Gasteiger partial charge in [0.25, 0.3) is 5.89 Å². The molecule has 0 atom stereocenters. The third-order valence-electron chi connectivity index (χ3n) is 1.79. The van der Waals surface area contributed by atoms with E-state index in [1.54, 1.807) is 24.3 Å². The van der Waals surface area contributed by atoms with Crippen molar-refractivity contribution in [3.05, 3.63) is 35.7 Å². The van der Waals surface area contributed by atoms with E-state index in [4.69, 9.17) is 5.26 Å². The molecule has 0 N–H and O–H groups in total. The lowest BCUT2D eigenvalue weighted by Crippen LogP contribution is -1.83. The maximum Gasteiger partial charge on any atom is 0.291 e. The Morgan fingerprint density at radius 3 is 3.00 bits per heavy atom. The van der Waals surface area contributed by atoms with Crippen LogP contribution in [0.15, 0.2) is 28.8 Å². The van der Waals surface area contributed by atoms with Crippen molar-refractivity contribution in [2.45, 2.75) is 0 Å². The first-order valence-corrected chi connectivity index (χ1v) is 4.13. The Balaban J connectivity index is 2.45. The minimum absolute atomic E-state index is 0.0765. The third-order valence-corrected chi connectivity index (χ3v) is 1.79. The first kappa shape index (κ1) is 9.09. The fourth-order valence-electron chi connectivity index (χ4n) is 1.13. The summed E-state index contributed by atoms with van der Waals surface area (Å²) >= 11 is 0. The molecule has 0 fully saturated rings. The Bertz CT molecular complexity index is 540. The van der Waals surface area contributed by atoms with Crippen molar-refractivity contribution in [3.63, 3.8) is 0 Å². The van der Waals surface area contributed by atoms with Gasteiger partial charge in [0.2, 0.25) is 12.1 Å². The molecule has 2 rings (SSSR count). The van der Waals surface area contributed by atoms with Crippen molar-refractivity contribution < 1.29 is 9.32 Å². The van der Waals surface area contributed by atoms with Gasteiger partial charge in [0.1, 0.15) is 0 Å². The fraction of sp³-hybridized carbons (Fsp3) is 0. The highest BCUT2D eigenvalue weighted by molar-refractivity contribution is 5.69. The number of carbonyl (C=O) groups excluding carboxylic acids is 1. The zero-order valence-electron chi connectivity index (χ0n) is 7.54. The number of rotatable bonds is 2. The quantitative estimate of drug-likeness (QED) is 0.683. The molecule has 1 heterocycles. The van der Waals surface area contributed by atoms with Crippen molar-refractivity contribution in [1.29, 1.82) is 5.26 Å². The summed E-state index contributed by atoms with van der Waals surface area (Å²) in [4.78, 5) is 14.1. The first-order chi connectivity index (χ1) is 7.33. The average molecular weight is 199 g/mol. The van der Waals surface area contributed by atoms with E-state index in [-0.39, 0.29) is 5.89 Å². The van der Waals surface area contributed by atoms with Crippen molar-refractivity contribution in [1.82, 2.24) is 10.1 Å². The summed E-state index contributed by atoms with van der Waals surface area (Å²) in [7, 11) is 0. The number of nitriles is 1. The Morgan fingerprint density at radius 2 is 2.33 bits per heavy atom. The molecule has 72 valence electrons. The van der Waals surface area contributed by atoms with Gasteiger partial charge >= 0.3 is 0 Å². The molecular formula is C10H5N3O2. The molecule has 0 bridgehead atoms. The van der Waals surface area contributed by atoms with Crippen molar-refractivity contribution >= 4 is 6.29 Å². The van der Waals surface area contributed by atoms with Crippen LogP contribution in [0.25, 0.3) is 11.4 Å². The highest BCUT2D eigenvalue weighted by Gasteiger charge is 2.07. The second-order valence-corrected chi connectivity index (χ2v) is 2.77. The topological polar surface area (TPSA) is 79.8 Å². The summed E-state index contributed by atoms with van der Waals surface area (Å²) < 4.78 is 4.63. The van der Waals surface area contributed by atoms with Crippen LogP contribution in [0.2, 0.25) is 0 Å². The number of carbonyl (C=O) groups is 1. The number of aldehydes is 1. The summed E-state index contributed by atoms with van der Waals surface area (Å²) in [6.45, 7) is 0. The molecule has 0 radical (unpaired) electrons. The van der Waals surface area contributed by atoms with Gasteiger partial charge in [0.05, 0.1) is 11.6 Å². The van der Waals surface area contributed by atoms with Gasteiger partial charge in [0, 0.05) is 5.56 Å². The molecule has 5 heteroatoms. The maximum atomic E-state index is 10.3. The van der Waals surface area contributed by atoms with E-state index < -0.39 is 0 Å². The van der Waals surface area contributed by atoms with E-state index in [1.165, 1.54) is 0 Å². The third kappa shape index (κ3) is 1.74. The van der Waals surface area contributed by atoms with Crippen LogP contribution in [0, 0.1) is 11.3 Å². The van der Waals surface area contributed by atoms with Gasteiger partial charge in [-0.15, -0.1) is 0 Å². The minimum atomic E-state index is -0.0765. The minimum Gasteiger partial charge on any atom is -0.331 e. The van der Waals surface area contributed by atoms with Crippen LogP contribution in [0.3, 0.4) is 0 Å². The average Bonchev–Trinajstić information content (AvgIpc) is 2.78. The number of benzene rings is 1. The van der Waals surface area contributed by atoms with E-state index in [0.717, 1.165) is 0 Å². The number of aromatic nitrogens is 2. The molecule has 2 aromatic rings. The Labute approximate surface area is 85.0 Å². The van der Waals surface area contributed by atoms with Crippen molar-refractivity contribution in [2.24, 2.45) is 0 Å². The summed E-state index contributed by atoms with van der Waals surface area (Å²) in [5.41, 5.74) is 1.15. The first-order valence-electron chi connectivity index (χ1n) is 4.13. The van der Waals surface area contributed by atoms with E-state index in [1.807, 2.05) is 6.07 Å². The monoisotopic (exact) mass is 199 g/mol. The zero-order chi connectivity index (χ0) is 10.7. The van der Waals surface area contributed by atoms with Crippen LogP contribution in [-0.2, 0) is 0 Å². The van der Waals surface area contributed by atoms with Gasteiger partial charge in [-0.2, -0.15) is 10.2 Å². The van der Waals surface area contributed by atoms with E-state index in [9.17, 15) is 4.79 Å². The van der Waals surface area contributed by atoms with Crippen LogP contribution < -0.4 is 0 Å². The van der Waals surface area contributed by atoms with Gasteiger partial charge in [-0.1, -0.05) is 17.3 Å². The molecule has 0 saturated heterocycles. The molecule has 0 aliphatic carbocycles. The van der Waals surface area contributed by atoms with Gasteiger partial charge in [-0.05, 0) is 12.1 Å². The normalized spacial score (nSPS) is 9.53. The lowest BCUT2D eigenvalue weighted by atomic mass is 10.1. The summed E-state index contributed by atoms with van der Waals surface area (Å²) in [6, 6.07) is 8.75. The van der Waals surface area contributed by atoms with Gasteiger partial charge in [-0.3, -0.25) is 4.79 Å². The molecule has 5 nitrogen and oxygen atoms in total. The summed E-state index contributed by atoms with van der Waals surface area (Å²) in [6.07, 6.45) is 0.477. The fourth-order valence-corrected chi connectivity index (χ4v) is 1.13. The highest BCUT2D eigenvalue weighted by atomic mass is 16.5. The maximum absolute atomic E-state index is 10.3. The molecule has 15 heavy (non-hydrogen) atoms. The van der Waals surface area contributed by atoms with Crippen LogP contribution >= 0.6 is 0 Å². The predicted octanol–water partition coefficient (Wildman–Crippen LogP) is 1.42. The van der Waals surface area contributed by atoms with E-state index in [2.05, 4.69) is 14.7 Å². The number of hydrogen-bond donors (Lipinski definition) is 0. The Hall–Kier alpha value is -2.48. The standard InChI is InChI=1S/C10H5N3O2/c11-5-7-2-1-3-8(4-7)10-12-9(6-14)15-13-10/h1-4,6H. The smallest absolute Gasteiger partial charge is 0.291 e. The predicted molar refractivity (Wildman–Crippen MR) is 49.8 cm³/mol. The summed E-state index contributed by atoms with van der Waals surface area (Å²) in [5.74, 6) is 0.224. The SMILES string of the molecule is N#Cc1cccc(-c2noc(C=O)n2)c1. The molecule has 0 aliphatic heterocycles. The van der Waals surface area contributed by atoms with Crippen molar-refractivity contribution in [2.75, 3.05) is 0 Å².